The molecule has 0 N–H and O–H groups in total. The van der Waals surface area contributed by atoms with Crippen LogP contribution < -0.4 is 0 Å². The van der Waals surface area contributed by atoms with Crippen molar-refractivity contribution in [2.45, 2.75) is 52.0 Å². The van der Waals surface area contributed by atoms with E-state index in [0.717, 1.165) is 12.5 Å². The van der Waals surface area contributed by atoms with E-state index in [-0.39, 0.29) is 0 Å². The van der Waals surface area contributed by atoms with Crippen molar-refractivity contribution in [2.24, 2.45) is 0 Å². The van der Waals surface area contributed by atoms with Gasteiger partial charge in [-0.3, -0.25) is 4.68 Å². The molecule has 1 saturated carbocycles. The second kappa shape index (κ2) is 3.52. The highest BCUT2D eigenvalue weighted by Crippen LogP contribution is 2.41. The number of unbranched alkanes of at least 4 members (excludes halogenated alkanes) is 1. The molecule has 2 rings (SSSR count). The van der Waals surface area contributed by atoms with Gasteiger partial charge in [0.25, 0.3) is 0 Å². The van der Waals surface area contributed by atoms with Crippen LogP contribution in [-0.4, -0.2) is 9.78 Å². The quantitative estimate of drug-likeness (QED) is 0.691. The molecule has 1 aliphatic rings. The van der Waals surface area contributed by atoms with Gasteiger partial charge in [0.2, 0.25) is 0 Å². The summed E-state index contributed by atoms with van der Waals surface area (Å²) in [5.74, 6) is 0.801. The molecule has 1 aromatic heterocycles. The van der Waals surface area contributed by atoms with Crippen molar-refractivity contribution in [2.75, 3.05) is 0 Å². The number of nitrogens with zero attached hydrogens (tertiary/aromatic N) is 2. The van der Waals surface area contributed by atoms with E-state index >= 15 is 0 Å². The summed E-state index contributed by atoms with van der Waals surface area (Å²) in [6.07, 6.45) is 8.26. The molecule has 0 aliphatic heterocycles. The first-order valence-corrected chi connectivity index (χ1v) is 5.28. The fourth-order valence-corrected chi connectivity index (χ4v) is 1.79. The zero-order valence-electron chi connectivity index (χ0n) is 8.51. The number of rotatable bonds is 4. The molecule has 71 valence electrons. The van der Waals surface area contributed by atoms with Crippen molar-refractivity contribution in [1.82, 2.24) is 9.78 Å². The molecule has 0 saturated heterocycles. The van der Waals surface area contributed by atoms with Crippen LogP contribution in [0.25, 0.3) is 0 Å². The highest BCUT2D eigenvalue weighted by atomic mass is 15.3. The number of aryl methyl sites for hydroxylation is 2. The molecule has 1 aromatic rings. The van der Waals surface area contributed by atoms with E-state index < -0.39 is 0 Å². The average Bonchev–Trinajstić information content (AvgIpc) is 2.88. The minimum Gasteiger partial charge on any atom is -0.268 e. The molecule has 0 spiro atoms. The topological polar surface area (TPSA) is 17.8 Å². The van der Waals surface area contributed by atoms with Crippen LogP contribution in [-0.2, 0) is 6.54 Å². The Morgan fingerprint density at radius 1 is 1.54 bits per heavy atom. The zero-order chi connectivity index (χ0) is 9.26. The number of hydrogen-bond donors (Lipinski definition) is 0. The van der Waals surface area contributed by atoms with Gasteiger partial charge in [0, 0.05) is 23.7 Å². The van der Waals surface area contributed by atoms with E-state index in [2.05, 4.69) is 29.8 Å². The Labute approximate surface area is 80.0 Å². The molecule has 13 heavy (non-hydrogen) atoms. The third-order valence-corrected chi connectivity index (χ3v) is 2.69. The summed E-state index contributed by atoms with van der Waals surface area (Å²) in [5, 5.41) is 4.31. The molecule has 1 fully saturated rings. The summed E-state index contributed by atoms with van der Waals surface area (Å²) in [6, 6.07) is 0. The van der Waals surface area contributed by atoms with Crippen molar-refractivity contribution < 1.29 is 0 Å². The highest BCUT2D eigenvalue weighted by molar-refractivity contribution is 5.23. The monoisotopic (exact) mass is 177 g/mol. The molecule has 2 heteroatoms. The maximum atomic E-state index is 4.31. The summed E-state index contributed by atoms with van der Waals surface area (Å²) < 4.78 is 2.16. The number of aromatic nitrogens is 2. The standard InChI is InChI=1S/C11H17N2/c1-3-4-7-13-11(10-5-6-10)9(2)8-12-13/h10H,3-7H2,1-2H3. The van der Waals surface area contributed by atoms with Crippen molar-refractivity contribution in [3.8, 4) is 0 Å². The van der Waals surface area contributed by atoms with E-state index in [9.17, 15) is 0 Å². The van der Waals surface area contributed by atoms with Gasteiger partial charge >= 0.3 is 0 Å². The Kier molecular flexibility index (Phi) is 2.38. The van der Waals surface area contributed by atoms with E-state index in [4.69, 9.17) is 0 Å². The third-order valence-electron chi connectivity index (χ3n) is 2.69. The average molecular weight is 177 g/mol. The first kappa shape index (κ1) is 8.79. The molecule has 2 nitrogen and oxygen atoms in total. The summed E-state index contributed by atoms with van der Waals surface area (Å²) in [4.78, 5) is 0. The highest BCUT2D eigenvalue weighted by Gasteiger charge is 2.28. The fourth-order valence-electron chi connectivity index (χ4n) is 1.79. The van der Waals surface area contributed by atoms with E-state index in [1.54, 1.807) is 0 Å². The summed E-state index contributed by atoms with van der Waals surface area (Å²) in [7, 11) is 0. The van der Waals surface area contributed by atoms with Gasteiger partial charge in [-0.05, 0) is 26.2 Å². The van der Waals surface area contributed by atoms with Gasteiger partial charge in [-0.25, -0.2) is 0 Å². The molecule has 1 radical (unpaired) electrons. The lowest BCUT2D eigenvalue weighted by molar-refractivity contribution is 0.548. The molecule has 0 unspecified atom stereocenters. The molecular formula is C11H17N2. The van der Waals surface area contributed by atoms with E-state index in [1.807, 2.05) is 0 Å². The van der Waals surface area contributed by atoms with Gasteiger partial charge in [0.05, 0.1) is 0 Å². The Hall–Kier alpha value is -0.790. The first-order valence-electron chi connectivity index (χ1n) is 5.28. The van der Waals surface area contributed by atoms with E-state index in [1.165, 1.54) is 36.9 Å². The predicted octanol–water partition coefficient (Wildman–Crippen LogP) is 2.67. The number of hydrogen-bond acceptors (Lipinski definition) is 1. The van der Waals surface area contributed by atoms with Crippen molar-refractivity contribution >= 4 is 0 Å². The zero-order valence-corrected chi connectivity index (χ0v) is 8.51. The maximum absolute atomic E-state index is 4.31. The van der Waals surface area contributed by atoms with Crippen molar-refractivity contribution in [3.05, 3.63) is 17.5 Å². The lowest BCUT2D eigenvalue weighted by Gasteiger charge is -2.05. The Balaban J connectivity index is 2.13. The summed E-state index contributed by atoms with van der Waals surface area (Å²) >= 11 is 0. The third kappa shape index (κ3) is 1.77. The maximum Gasteiger partial charge on any atom is 0.116 e. The molecule has 1 heterocycles. The molecule has 0 amide bonds. The van der Waals surface area contributed by atoms with Gasteiger partial charge in [-0.15, -0.1) is 0 Å². The van der Waals surface area contributed by atoms with Crippen LogP contribution >= 0.6 is 0 Å². The van der Waals surface area contributed by atoms with E-state index in [0.29, 0.717) is 0 Å². The Morgan fingerprint density at radius 2 is 2.31 bits per heavy atom. The first-order chi connectivity index (χ1) is 6.33. The second-order valence-corrected chi connectivity index (χ2v) is 3.97. The molecule has 0 aromatic carbocycles. The predicted molar refractivity (Wildman–Crippen MR) is 52.7 cm³/mol. The molecule has 0 atom stereocenters. The Bertz CT molecular complexity index is 284. The van der Waals surface area contributed by atoms with Gasteiger partial charge in [-0.2, -0.15) is 5.10 Å². The Morgan fingerprint density at radius 3 is 2.92 bits per heavy atom. The molecule has 1 aliphatic carbocycles. The molecular weight excluding hydrogens is 160 g/mol. The smallest absolute Gasteiger partial charge is 0.116 e. The van der Waals surface area contributed by atoms with Crippen LogP contribution in [0.15, 0.2) is 0 Å². The fraction of sp³-hybridized carbons (Fsp3) is 0.727. The SMILES string of the molecule is CCCCn1n[c]c(C)c1C1CC1. The lowest BCUT2D eigenvalue weighted by Crippen LogP contribution is -2.04. The van der Waals surface area contributed by atoms with Gasteiger partial charge in [0.15, 0.2) is 0 Å². The van der Waals surface area contributed by atoms with Crippen LogP contribution in [0.1, 0.15) is 49.8 Å². The summed E-state index contributed by atoms with van der Waals surface area (Å²) in [6.45, 7) is 5.42. The van der Waals surface area contributed by atoms with Crippen LogP contribution in [0.2, 0.25) is 0 Å². The second-order valence-electron chi connectivity index (χ2n) is 3.97. The van der Waals surface area contributed by atoms with Crippen LogP contribution in [0.5, 0.6) is 0 Å². The van der Waals surface area contributed by atoms with Crippen LogP contribution in [0.4, 0.5) is 0 Å². The van der Waals surface area contributed by atoms with Crippen molar-refractivity contribution in [3.63, 3.8) is 0 Å². The summed E-state index contributed by atoms with van der Waals surface area (Å²) in [5.41, 5.74) is 2.71. The van der Waals surface area contributed by atoms with Crippen molar-refractivity contribution in [1.29, 1.82) is 0 Å². The van der Waals surface area contributed by atoms with Crippen LogP contribution in [0.3, 0.4) is 0 Å². The molecule has 0 bridgehead atoms. The normalized spacial score (nSPS) is 16.5. The minimum atomic E-state index is 0.801. The lowest BCUT2D eigenvalue weighted by atomic mass is 10.2. The van der Waals surface area contributed by atoms with Gasteiger partial charge < -0.3 is 0 Å². The van der Waals surface area contributed by atoms with Gasteiger partial charge in [0.1, 0.15) is 6.20 Å². The largest absolute Gasteiger partial charge is 0.268 e. The van der Waals surface area contributed by atoms with Crippen LogP contribution in [0, 0.1) is 13.1 Å². The minimum absolute atomic E-state index is 0.801. The van der Waals surface area contributed by atoms with Gasteiger partial charge in [-0.1, -0.05) is 13.3 Å².